The van der Waals surface area contributed by atoms with Crippen LogP contribution in [-0.2, 0) is 4.79 Å². The number of carboxylic acids is 1. The minimum absolute atomic E-state index is 0.163. The van der Waals surface area contributed by atoms with Crippen LogP contribution in [-0.4, -0.2) is 27.1 Å². The molecular formula is C27H19N3O3S2. The SMILES string of the molecule is Cc1ncccc1N1C(=O)/C(=C/c2ccc(-c3cccc(C(=O)O)c3)s2)SC1=Nc1ccccc1. The Hall–Kier alpha value is -4.01. The highest BCUT2D eigenvalue weighted by atomic mass is 32.2. The smallest absolute Gasteiger partial charge is 0.335 e. The highest BCUT2D eigenvalue weighted by Gasteiger charge is 2.35. The van der Waals surface area contributed by atoms with E-state index in [2.05, 4.69) is 4.98 Å². The number of carbonyl (C=O) groups is 2. The first kappa shape index (κ1) is 22.8. The second kappa shape index (κ2) is 9.69. The lowest BCUT2D eigenvalue weighted by Crippen LogP contribution is -2.29. The molecule has 35 heavy (non-hydrogen) atoms. The van der Waals surface area contributed by atoms with Gasteiger partial charge >= 0.3 is 5.97 Å². The number of para-hydroxylation sites is 1. The van der Waals surface area contributed by atoms with Gasteiger partial charge in [-0.05, 0) is 78.9 Å². The quantitative estimate of drug-likeness (QED) is 0.313. The van der Waals surface area contributed by atoms with Gasteiger partial charge in [0.2, 0.25) is 0 Å². The van der Waals surface area contributed by atoms with Crippen molar-refractivity contribution >= 4 is 57.6 Å². The zero-order valence-electron chi connectivity index (χ0n) is 18.6. The van der Waals surface area contributed by atoms with E-state index in [4.69, 9.17) is 4.99 Å². The van der Waals surface area contributed by atoms with E-state index >= 15 is 0 Å². The highest BCUT2D eigenvalue weighted by Crippen LogP contribution is 2.39. The lowest BCUT2D eigenvalue weighted by atomic mass is 10.1. The summed E-state index contributed by atoms with van der Waals surface area (Å²) in [4.78, 5) is 37.9. The number of rotatable bonds is 5. The van der Waals surface area contributed by atoms with Gasteiger partial charge in [0, 0.05) is 16.0 Å². The largest absolute Gasteiger partial charge is 0.478 e. The Morgan fingerprint density at radius 3 is 2.63 bits per heavy atom. The number of aromatic carboxylic acids is 1. The molecule has 0 saturated carbocycles. The van der Waals surface area contributed by atoms with Gasteiger partial charge in [0.25, 0.3) is 5.91 Å². The molecule has 1 N–H and O–H groups in total. The van der Waals surface area contributed by atoms with Crippen molar-refractivity contribution in [3.8, 4) is 10.4 Å². The van der Waals surface area contributed by atoms with E-state index in [9.17, 15) is 14.7 Å². The highest BCUT2D eigenvalue weighted by molar-refractivity contribution is 8.19. The summed E-state index contributed by atoms with van der Waals surface area (Å²) in [6, 6.07) is 23.9. The normalized spacial score (nSPS) is 15.8. The molecule has 1 aliphatic rings. The molecule has 5 rings (SSSR count). The van der Waals surface area contributed by atoms with Crippen molar-refractivity contribution in [3.05, 3.63) is 106 Å². The molecule has 1 aliphatic heterocycles. The fourth-order valence-electron chi connectivity index (χ4n) is 3.61. The monoisotopic (exact) mass is 497 g/mol. The molecule has 1 saturated heterocycles. The standard InChI is InChI=1S/C27H19N3O3S2/c1-17-22(11-6-14-28-17)30-25(31)24(35-27(30)29-20-9-3-2-4-10-20)16-21-12-13-23(34-21)18-7-5-8-19(15-18)26(32)33/h2-16H,1H3,(H,32,33)/b24-16-,29-27?. The maximum absolute atomic E-state index is 13.5. The van der Waals surface area contributed by atoms with Crippen LogP contribution in [0.5, 0.6) is 0 Å². The number of nitrogens with zero attached hydrogens (tertiary/aromatic N) is 3. The third-order valence-electron chi connectivity index (χ3n) is 5.30. The molecule has 172 valence electrons. The van der Waals surface area contributed by atoms with Crippen molar-refractivity contribution in [2.24, 2.45) is 4.99 Å². The molecule has 1 fully saturated rings. The van der Waals surface area contributed by atoms with Crippen LogP contribution in [0, 0.1) is 6.92 Å². The van der Waals surface area contributed by atoms with Crippen LogP contribution in [0.15, 0.2) is 95.0 Å². The molecule has 0 bridgehead atoms. The lowest BCUT2D eigenvalue weighted by molar-refractivity contribution is -0.113. The van der Waals surface area contributed by atoms with Crippen molar-refractivity contribution in [2.75, 3.05) is 4.90 Å². The van der Waals surface area contributed by atoms with Gasteiger partial charge in [-0.25, -0.2) is 9.79 Å². The van der Waals surface area contributed by atoms with Crippen LogP contribution in [0.3, 0.4) is 0 Å². The third kappa shape index (κ3) is 4.80. The van der Waals surface area contributed by atoms with Gasteiger partial charge in [-0.2, -0.15) is 0 Å². The van der Waals surface area contributed by atoms with E-state index in [1.165, 1.54) is 23.1 Å². The average Bonchev–Trinajstić information content (AvgIpc) is 3.45. The number of anilines is 1. The molecule has 8 heteroatoms. The number of thioether (sulfide) groups is 1. The zero-order chi connectivity index (χ0) is 24.4. The summed E-state index contributed by atoms with van der Waals surface area (Å²) in [6.45, 7) is 1.87. The van der Waals surface area contributed by atoms with Crippen LogP contribution in [0.2, 0.25) is 0 Å². The minimum Gasteiger partial charge on any atom is -0.478 e. The van der Waals surface area contributed by atoms with Gasteiger partial charge in [0.1, 0.15) is 0 Å². The topological polar surface area (TPSA) is 82.9 Å². The molecule has 0 spiro atoms. The minimum atomic E-state index is -0.963. The Bertz CT molecular complexity index is 1490. The summed E-state index contributed by atoms with van der Waals surface area (Å²) in [7, 11) is 0. The average molecular weight is 498 g/mol. The fourth-order valence-corrected chi connectivity index (χ4v) is 5.61. The van der Waals surface area contributed by atoms with Crippen LogP contribution >= 0.6 is 23.1 Å². The van der Waals surface area contributed by atoms with Crippen LogP contribution < -0.4 is 4.90 Å². The summed E-state index contributed by atoms with van der Waals surface area (Å²) in [6.07, 6.45) is 3.55. The molecule has 2 aromatic carbocycles. The first-order valence-corrected chi connectivity index (χ1v) is 12.4. The predicted molar refractivity (Wildman–Crippen MR) is 142 cm³/mol. The summed E-state index contributed by atoms with van der Waals surface area (Å²) in [5.41, 5.74) is 3.25. The number of benzene rings is 2. The van der Waals surface area contributed by atoms with Crippen molar-refractivity contribution in [3.63, 3.8) is 0 Å². The first-order valence-electron chi connectivity index (χ1n) is 10.7. The van der Waals surface area contributed by atoms with E-state index in [1.54, 1.807) is 35.4 Å². The number of thiophene rings is 1. The van der Waals surface area contributed by atoms with Gasteiger partial charge in [-0.1, -0.05) is 30.3 Å². The summed E-state index contributed by atoms with van der Waals surface area (Å²) in [5, 5.41) is 9.85. The van der Waals surface area contributed by atoms with E-state index in [-0.39, 0.29) is 11.5 Å². The summed E-state index contributed by atoms with van der Waals surface area (Å²) >= 11 is 2.82. The molecule has 3 heterocycles. The van der Waals surface area contributed by atoms with E-state index in [1.807, 2.05) is 67.6 Å². The number of carboxylic acid groups (broad SMARTS) is 1. The summed E-state index contributed by atoms with van der Waals surface area (Å²) in [5.74, 6) is -1.13. The zero-order valence-corrected chi connectivity index (χ0v) is 20.2. The van der Waals surface area contributed by atoms with Crippen molar-refractivity contribution < 1.29 is 14.7 Å². The van der Waals surface area contributed by atoms with Gasteiger partial charge in [-0.3, -0.25) is 14.7 Å². The second-order valence-electron chi connectivity index (χ2n) is 7.68. The Balaban J connectivity index is 1.51. The number of aromatic nitrogens is 1. The van der Waals surface area contributed by atoms with Crippen molar-refractivity contribution in [1.29, 1.82) is 0 Å². The molecule has 2 aromatic heterocycles. The molecule has 0 radical (unpaired) electrons. The Labute approximate surface area is 210 Å². The van der Waals surface area contributed by atoms with Crippen LogP contribution in [0.25, 0.3) is 16.5 Å². The Morgan fingerprint density at radius 2 is 1.86 bits per heavy atom. The number of amidine groups is 1. The van der Waals surface area contributed by atoms with Gasteiger partial charge < -0.3 is 5.11 Å². The molecule has 4 aromatic rings. The second-order valence-corrected chi connectivity index (χ2v) is 9.80. The van der Waals surface area contributed by atoms with E-state index in [0.29, 0.717) is 15.8 Å². The van der Waals surface area contributed by atoms with E-state index in [0.717, 1.165) is 26.7 Å². The van der Waals surface area contributed by atoms with Crippen molar-refractivity contribution in [2.45, 2.75) is 6.92 Å². The van der Waals surface area contributed by atoms with Gasteiger partial charge in [0.05, 0.1) is 27.5 Å². The predicted octanol–water partition coefficient (Wildman–Crippen LogP) is 6.63. The molecular weight excluding hydrogens is 478 g/mol. The molecule has 6 nitrogen and oxygen atoms in total. The number of carbonyl (C=O) groups excluding carboxylic acids is 1. The fraction of sp³-hybridized carbons (Fsp3) is 0.0370. The van der Waals surface area contributed by atoms with E-state index < -0.39 is 5.97 Å². The number of hydrogen-bond acceptors (Lipinski definition) is 6. The van der Waals surface area contributed by atoms with Crippen LogP contribution in [0.4, 0.5) is 11.4 Å². The number of aliphatic imine (C=N–C) groups is 1. The first-order chi connectivity index (χ1) is 17.0. The van der Waals surface area contributed by atoms with Gasteiger partial charge in [-0.15, -0.1) is 11.3 Å². The molecule has 0 unspecified atom stereocenters. The van der Waals surface area contributed by atoms with Gasteiger partial charge in [0.15, 0.2) is 5.17 Å². The third-order valence-corrected chi connectivity index (χ3v) is 7.35. The lowest BCUT2D eigenvalue weighted by Gasteiger charge is -2.17. The molecule has 0 atom stereocenters. The van der Waals surface area contributed by atoms with Crippen molar-refractivity contribution in [1.82, 2.24) is 4.98 Å². The van der Waals surface area contributed by atoms with Crippen LogP contribution in [0.1, 0.15) is 20.9 Å². The number of amides is 1. The Morgan fingerprint density at radius 1 is 1.03 bits per heavy atom. The molecule has 0 aliphatic carbocycles. The molecule has 1 amide bonds. The maximum Gasteiger partial charge on any atom is 0.335 e. The Kier molecular flexibility index (Phi) is 6.31. The summed E-state index contributed by atoms with van der Waals surface area (Å²) < 4.78 is 0. The number of hydrogen-bond donors (Lipinski definition) is 1. The maximum atomic E-state index is 13.5. The number of aryl methyl sites for hydroxylation is 1. The number of pyridine rings is 1.